The van der Waals surface area contributed by atoms with E-state index in [1.807, 2.05) is 60.7 Å². The molecule has 0 spiro atoms. The minimum atomic E-state index is -0.242. The van der Waals surface area contributed by atoms with Gasteiger partial charge in [0.25, 0.3) is 0 Å². The number of amides is 1. The summed E-state index contributed by atoms with van der Waals surface area (Å²) in [6.07, 6.45) is 2.74. The maximum atomic E-state index is 9.95. The topological polar surface area (TPSA) is 69.1 Å². The number of carbonyl (C=O) groups excluding carboxylic acids is 1. The first-order valence-electron chi connectivity index (χ1n) is 7.66. The predicted octanol–water partition coefficient (Wildman–Crippen LogP) is 4.19. The van der Waals surface area contributed by atoms with Crippen LogP contribution in [0.15, 0.2) is 71.5 Å². The highest BCUT2D eigenvalue weighted by atomic mass is 32.1. The maximum Gasteiger partial charge on any atom is 0.217 e. The Kier molecular flexibility index (Phi) is 7.11. The highest BCUT2D eigenvalue weighted by molar-refractivity contribution is 7.80. The smallest absolute Gasteiger partial charge is 0.217 e. The zero-order valence-electron chi connectivity index (χ0n) is 13.3. The van der Waals surface area contributed by atoms with Crippen LogP contribution >= 0.6 is 12.6 Å². The molecule has 1 amide bonds. The van der Waals surface area contributed by atoms with Crippen LogP contribution in [0.4, 0.5) is 0 Å². The molecule has 0 bridgehead atoms. The fourth-order valence-electron chi connectivity index (χ4n) is 2.10. The Labute approximate surface area is 147 Å². The van der Waals surface area contributed by atoms with E-state index in [9.17, 15) is 4.79 Å². The summed E-state index contributed by atoms with van der Waals surface area (Å²) in [7, 11) is 0. The Balaban J connectivity index is 0.000000256. The first kappa shape index (κ1) is 17.8. The summed E-state index contributed by atoms with van der Waals surface area (Å²) in [6, 6.07) is 20.1. The van der Waals surface area contributed by atoms with Gasteiger partial charge in [-0.3, -0.25) is 4.79 Å². The van der Waals surface area contributed by atoms with Gasteiger partial charge in [-0.05, 0) is 12.2 Å². The number of hydrogen-bond donors (Lipinski definition) is 2. The Morgan fingerprint density at radius 2 is 1.58 bits per heavy atom. The molecule has 0 aliphatic rings. The van der Waals surface area contributed by atoms with Crippen LogP contribution in [-0.4, -0.2) is 16.6 Å². The number of thiol groups is 1. The normalized spacial score (nSPS) is 9.88. The van der Waals surface area contributed by atoms with E-state index in [1.54, 1.807) is 0 Å². The summed E-state index contributed by atoms with van der Waals surface area (Å²) in [4.78, 5) is 14.2. The van der Waals surface area contributed by atoms with Crippen LogP contribution in [0.1, 0.15) is 12.8 Å². The average Bonchev–Trinajstić information content (AvgIpc) is 3.12. The van der Waals surface area contributed by atoms with Gasteiger partial charge < -0.3 is 10.2 Å². The van der Waals surface area contributed by atoms with E-state index >= 15 is 0 Å². The van der Waals surface area contributed by atoms with Gasteiger partial charge in [0.1, 0.15) is 5.69 Å². The monoisotopic (exact) mass is 340 g/mol. The molecule has 0 unspecified atom stereocenters. The molecule has 4 nitrogen and oxygen atoms in total. The summed E-state index contributed by atoms with van der Waals surface area (Å²) in [5.41, 5.74) is 7.81. The van der Waals surface area contributed by atoms with Crippen LogP contribution in [-0.2, 0) is 4.79 Å². The second kappa shape index (κ2) is 9.57. The first-order chi connectivity index (χ1) is 11.7. The van der Waals surface area contributed by atoms with Crippen molar-refractivity contribution in [3.05, 3.63) is 67.1 Å². The Morgan fingerprint density at radius 1 is 1.00 bits per heavy atom. The van der Waals surface area contributed by atoms with Crippen LogP contribution in [0.2, 0.25) is 0 Å². The average molecular weight is 340 g/mol. The van der Waals surface area contributed by atoms with Crippen molar-refractivity contribution in [1.29, 1.82) is 0 Å². The summed E-state index contributed by atoms with van der Waals surface area (Å²) in [5.74, 6) is 1.31. The summed E-state index contributed by atoms with van der Waals surface area (Å²) in [5, 5.41) is 0. The lowest BCUT2D eigenvalue weighted by Crippen LogP contribution is -2.09. The molecular weight excluding hydrogens is 320 g/mol. The minimum absolute atomic E-state index is 0.242. The second-order valence-corrected chi connectivity index (χ2v) is 5.50. The second-order valence-electron chi connectivity index (χ2n) is 5.06. The molecule has 0 fully saturated rings. The molecule has 0 aliphatic carbocycles. The van der Waals surface area contributed by atoms with Crippen LogP contribution in [0, 0.1) is 0 Å². The number of hydrogen-bond acceptors (Lipinski definition) is 4. The molecule has 0 saturated heterocycles. The van der Waals surface area contributed by atoms with Crippen molar-refractivity contribution in [2.75, 3.05) is 5.75 Å². The Bertz CT molecular complexity index is 688. The molecule has 1 heterocycles. The summed E-state index contributed by atoms with van der Waals surface area (Å²) < 4.78 is 5.49. The van der Waals surface area contributed by atoms with Gasteiger partial charge >= 0.3 is 0 Å². The molecule has 24 heavy (non-hydrogen) atoms. The van der Waals surface area contributed by atoms with Gasteiger partial charge in [-0.2, -0.15) is 12.6 Å². The van der Waals surface area contributed by atoms with E-state index < -0.39 is 0 Å². The Hall–Kier alpha value is -2.53. The Morgan fingerprint density at radius 3 is 2.08 bits per heavy atom. The van der Waals surface area contributed by atoms with E-state index in [-0.39, 0.29) is 5.91 Å². The highest BCUT2D eigenvalue weighted by Crippen LogP contribution is 2.30. The fraction of sp³-hybridized carbons (Fsp3) is 0.158. The van der Waals surface area contributed by atoms with Gasteiger partial charge in [-0.1, -0.05) is 60.7 Å². The van der Waals surface area contributed by atoms with Gasteiger partial charge in [0.15, 0.2) is 12.2 Å². The third kappa shape index (κ3) is 5.28. The molecule has 3 rings (SSSR count). The van der Waals surface area contributed by atoms with E-state index in [1.165, 1.54) is 6.39 Å². The van der Waals surface area contributed by atoms with E-state index in [0.29, 0.717) is 6.42 Å². The SMILES string of the molecule is NC(=O)CCCS.c1ccc(-c2ncoc2-c2ccccc2)cc1. The van der Waals surface area contributed by atoms with Crippen molar-refractivity contribution in [2.24, 2.45) is 5.73 Å². The van der Waals surface area contributed by atoms with Gasteiger partial charge in [0.05, 0.1) is 0 Å². The lowest BCUT2D eigenvalue weighted by atomic mass is 10.1. The molecule has 0 saturated carbocycles. The van der Waals surface area contributed by atoms with Gasteiger partial charge in [-0.25, -0.2) is 4.98 Å². The zero-order chi connectivity index (χ0) is 17.2. The quantitative estimate of drug-likeness (QED) is 0.684. The van der Waals surface area contributed by atoms with Crippen molar-refractivity contribution in [1.82, 2.24) is 4.98 Å². The third-order valence-corrected chi connectivity index (χ3v) is 3.55. The number of aromatic nitrogens is 1. The molecule has 0 atom stereocenters. The van der Waals surface area contributed by atoms with E-state index in [2.05, 4.69) is 17.6 Å². The minimum Gasteiger partial charge on any atom is -0.443 e. The number of benzene rings is 2. The number of primary amides is 1. The van der Waals surface area contributed by atoms with Gasteiger partial charge in [0, 0.05) is 17.5 Å². The van der Waals surface area contributed by atoms with Gasteiger partial charge in [-0.15, -0.1) is 0 Å². The van der Waals surface area contributed by atoms with Crippen LogP contribution < -0.4 is 5.73 Å². The van der Waals surface area contributed by atoms with Gasteiger partial charge in [0.2, 0.25) is 5.91 Å². The van der Waals surface area contributed by atoms with Crippen LogP contribution in [0.3, 0.4) is 0 Å². The van der Waals surface area contributed by atoms with E-state index in [4.69, 9.17) is 10.2 Å². The molecule has 0 aliphatic heterocycles. The number of nitrogens with two attached hydrogens (primary N) is 1. The fourth-order valence-corrected chi connectivity index (χ4v) is 2.25. The largest absolute Gasteiger partial charge is 0.443 e. The van der Waals surface area contributed by atoms with Crippen molar-refractivity contribution < 1.29 is 9.21 Å². The highest BCUT2D eigenvalue weighted by Gasteiger charge is 2.11. The number of oxazole rings is 1. The molecule has 3 aromatic rings. The molecule has 124 valence electrons. The maximum absolute atomic E-state index is 9.95. The molecular formula is C19H20N2O2S. The van der Waals surface area contributed by atoms with Crippen molar-refractivity contribution >= 4 is 18.5 Å². The molecule has 0 radical (unpaired) electrons. The standard InChI is InChI=1S/C15H11NO.C4H9NOS/c1-3-7-12(8-4-1)14-15(17-11-16-14)13-9-5-2-6-10-13;5-4(6)2-1-3-7/h1-11H;7H,1-3H2,(H2,5,6). The molecule has 5 heteroatoms. The molecule has 2 aromatic carbocycles. The van der Waals surface area contributed by atoms with Crippen molar-refractivity contribution in [2.45, 2.75) is 12.8 Å². The number of carbonyl (C=O) groups is 1. The van der Waals surface area contributed by atoms with Crippen molar-refractivity contribution in [3.8, 4) is 22.6 Å². The summed E-state index contributed by atoms with van der Waals surface area (Å²) >= 11 is 3.89. The molecule has 2 N–H and O–H groups in total. The van der Waals surface area contributed by atoms with Crippen LogP contribution in [0.25, 0.3) is 22.6 Å². The first-order valence-corrected chi connectivity index (χ1v) is 8.29. The van der Waals surface area contributed by atoms with E-state index in [0.717, 1.165) is 34.8 Å². The predicted molar refractivity (Wildman–Crippen MR) is 99.7 cm³/mol. The lowest BCUT2D eigenvalue weighted by Gasteiger charge is -2.00. The lowest BCUT2D eigenvalue weighted by molar-refractivity contribution is -0.118. The third-order valence-electron chi connectivity index (χ3n) is 3.23. The number of nitrogens with zero attached hydrogens (tertiary/aromatic N) is 1. The zero-order valence-corrected chi connectivity index (χ0v) is 14.2. The van der Waals surface area contributed by atoms with Crippen molar-refractivity contribution in [3.63, 3.8) is 0 Å². The molecule has 1 aromatic heterocycles. The summed E-state index contributed by atoms with van der Waals surface area (Å²) in [6.45, 7) is 0. The number of rotatable bonds is 5. The van der Waals surface area contributed by atoms with Crippen LogP contribution in [0.5, 0.6) is 0 Å².